The van der Waals surface area contributed by atoms with Gasteiger partial charge in [0.25, 0.3) is 0 Å². The van der Waals surface area contributed by atoms with Crippen molar-refractivity contribution in [2.24, 2.45) is 16.6 Å². The van der Waals surface area contributed by atoms with Gasteiger partial charge in [-0.1, -0.05) is 0 Å². The number of hydrazine groups is 1. The lowest BCUT2D eigenvalue weighted by Gasteiger charge is -2.31. The highest BCUT2D eigenvalue weighted by molar-refractivity contribution is 5.98. The maximum absolute atomic E-state index is 11.5. The number of aliphatic carboxylic acids is 1. The third-order valence-electron chi connectivity index (χ3n) is 4.47. The van der Waals surface area contributed by atoms with E-state index in [1.165, 1.54) is 0 Å². The van der Waals surface area contributed by atoms with Gasteiger partial charge in [0.2, 0.25) is 5.88 Å². The number of carboxylic acid groups (broad SMARTS) is 1. The van der Waals surface area contributed by atoms with Crippen LogP contribution in [0.15, 0.2) is 29.0 Å². The Bertz CT molecular complexity index is 759. The molecule has 0 amide bonds. The van der Waals surface area contributed by atoms with Crippen molar-refractivity contribution in [2.45, 2.75) is 25.9 Å². The number of amidine groups is 1. The molecule has 26 heavy (non-hydrogen) atoms. The lowest BCUT2D eigenvalue weighted by atomic mass is 9.96. The van der Waals surface area contributed by atoms with E-state index in [1.807, 2.05) is 29.1 Å². The predicted molar refractivity (Wildman–Crippen MR) is 97.7 cm³/mol. The average molecular weight is 360 g/mol. The second-order valence-electron chi connectivity index (χ2n) is 6.49. The predicted octanol–water partition coefficient (Wildman–Crippen LogP) is 0.734. The minimum Gasteiger partial charge on any atom is -0.481 e. The molecule has 0 radical (unpaired) electrons. The van der Waals surface area contributed by atoms with Crippen LogP contribution in [0.2, 0.25) is 0 Å². The molecular formula is C17H24N6O3. The first kappa shape index (κ1) is 18.0. The molecule has 1 fully saturated rings. The molecule has 1 aromatic rings. The van der Waals surface area contributed by atoms with Crippen LogP contribution in [0, 0.1) is 5.92 Å². The monoisotopic (exact) mass is 360 g/mol. The summed E-state index contributed by atoms with van der Waals surface area (Å²) in [5, 5.41) is 11.3. The van der Waals surface area contributed by atoms with Crippen LogP contribution in [-0.2, 0) is 4.79 Å². The van der Waals surface area contributed by atoms with E-state index in [9.17, 15) is 9.90 Å². The molecule has 2 aliphatic heterocycles. The molecule has 1 aromatic heterocycles. The molecule has 0 saturated carbocycles. The number of aromatic nitrogens is 1. The summed E-state index contributed by atoms with van der Waals surface area (Å²) in [5.41, 5.74) is 10.9. The fourth-order valence-corrected chi connectivity index (χ4v) is 3.29. The van der Waals surface area contributed by atoms with Gasteiger partial charge in [0.15, 0.2) is 5.84 Å². The van der Waals surface area contributed by atoms with E-state index in [0.29, 0.717) is 29.5 Å². The number of rotatable bonds is 5. The SMILES string of the molecule is COc1nc(C2=NC3C(C(=O)O)CCCN3N2)ccc1N(C)/C=C(/C)N. The average Bonchev–Trinajstić information content (AvgIpc) is 3.04. The van der Waals surface area contributed by atoms with Gasteiger partial charge in [-0.25, -0.2) is 9.98 Å². The Morgan fingerprint density at radius 2 is 2.31 bits per heavy atom. The highest BCUT2D eigenvalue weighted by Crippen LogP contribution is 2.29. The zero-order valence-electron chi connectivity index (χ0n) is 15.1. The standard InChI is InChI=1S/C17H24N6O3/c1-10(18)9-22(2)13-7-6-12(19-16(13)26-3)14-20-15-11(17(24)25)5-4-8-23(15)21-14/h6-7,9,11,15H,4-5,8,18H2,1-3H3,(H,20,21)(H,24,25)/b10-9-. The van der Waals surface area contributed by atoms with Gasteiger partial charge in [-0.05, 0) is 31.9 Å². The summed E-state index contributed by atoms with van der Waals surface area (Å²) in [6.07, 6.45) is 2.81. The van der Waals surface area contributed by atoms with Crippen LogP contribution >= 0.6 is 0 Å². The number of piperidine rings is 1. The Hall–Kier alpha value is -2.81. The molecule has 0 aromatic carbocycles. The molecule has 2 unspecified atom stereocenters. The highest BCUT2D eigenvalue weighted by atomic mass is 16.5. The molecule has 0 bridgehead atoms. The number of carboxylic acids is 1. The van der Waals surface area contributed by atoms with Crippen LogP contribution in [0.1, 0.15) is 25.5 Å². The molecule has 2 aliphatic rings. The fourth-order valence-electron chi connectivity index (χ4n) is 3.29. The van der Waals surface area contributed by atoms with Crippen molar-refractivity contribution in [3.8, 4) is 5.88 Å². The Labute approximate surface area is 152 Å². The highest BCUT2D eigenvalue weighted by Gasteiger charge is 2.40. The summed E-state index contributed by atoms with van der Waals surface area (Å²) < 4.78 is 5.41. The number of nitrogens with two attached hydrogens (primary N) is 1. The van der Waals surface area contributed by atoms with Crippen LogP contribution in [0.5, 0.6) is 5.88 Å². The number of anilines is 1. The van der Waals surface area contributed by atoms with E-state index >= 15 is 0 Å². The first-order valence-electron chi connectivity index (χ1n) is 8.46. The number of carbonyl (C=O) groups is 1. The Morgan fingerprint density at radius 3 is 2.96 bits per heavy atom. The molecule has 2 atom stereocenters. The zero-order chi connectivity index (χ0) is 18.8. The molecule has 0 spiro atoms. The Kier molecular flexibility index (Phi) is 4.99. The van der Waals surface area contributed by atoms with Crippen molar-refractivity contribution < 1.29 is 14.6 Å². The molecule has 1 saturated heterocycles. The molecule has 140 valence electrons. The summed E-state index contributed by atoms with van der Waals surface area (Å²) >= 11 is 0. The van der Waals surface area contributed by atoms with Gasteiger partial charge in [0.05, 0.1) is 13.0 Å². The molecule has 9 nitrogen and oxygen atoms in total. The number of nitrogens with zero attached hydrogens (tertiary/aromatic N) is 4. The number of nitrogens with one attached hydrogen (secondary N) is 1. The number of hydrogen-bond acceptors (Lipinski definition) is 8. The van der Waals surface area contributed by atoms with Gasteiger partial charge < -0.3 is 20.5 Å². The Balaban J connectivity index is 1.89. The summed E-state index contributed by atoms with van der Waals surface area (Å²) in [6, 6.07) is 3.70. The molecule has 4 N–H and O–H groups in total. The van der Waals surface area contributed by atoms with Crippen LogP contribution in [0.3, 0.4) is 0 Å². The van der Waals surface area contributed by atoms with E-state index in [4.69, 9.17) is 10.5 Å². The molecule has 9 heteroatoms. The largest absolute Gasteiger partial charge is 0.481 e. The number of hydrogen-bond donors (Lipinski definition) is 3. The van der Waals surface area contributed by atoms with Crippen LogP contribution < -0.4 is 20.8 Å². The number of methoxy groups -OCH3 is 1. The lowest BCUT2D eigenvalue weighted by molar-refractivity contribution is -0.146. The van der Waals surface area contributed by atoms with Gasteiger partial charge in [-0.2, -0.15) is 5.01 Å². The normalized spacial score (nSPS) is 23.0. The third-order valence-corrected chi connectivity index (χ3v) is 4.47. The van der Waals surface area contributed by atoms with E-state index in [1.54, 1.807) is 20.2 Å². The van der Waals surface area contributed by atoms with Crippen molar-refractivity contribution in [1.29, 1.82) is 0 Å². The summed E-state index contributed by atoms with van der Waals surface area (Å²) in [6.45, 7) is 2.55. The number of allylic oxidation sites excluding steroid dienone is 1. The van der Waals surface area contributed by atoms with Crippen molar-refractivity contribution in [3.05, 3.63) is 29.7 Å². The minimum atomic E-state index is -0.821. The van der Waals surface area contributed by atoms with Crippen molar-refractivity contribution in [2.75, 3.05) is 25.6 Å². The zero-order valence-corrected chi connectivity index (χ0v) is 15.1. The van der Waals surface area contributed by atoms with Crippen molar-refractivity contribution >= 4 is 17.5 Å². The fraction of sp³-hybridized carbons (Fsp3) is 0.471. The van der Waals surface area contributed by atoms with Crippen LogP contribution in [0.25, 0.3) is 0 Å². The number of ether oxygens (including phenoxy) is 1. The quantitative estimate of drug-likeness (QED) is 0.704. The van der Waals surface area contributed by atoms with Crippen molar-refractivity contribution in [1.82, 2.24) is 15.4 Å². The van der Waals surface area contributed by atoms with E-state index < -0.39 is 18.1 Å². The van der Waals surface area contributed by atoms with E-state index in [-0.39, 0.29) is 0 Å². The first-order valence-corrected chi connectivity index (χ1v) is 8.46. The molecule has 3 heterocycles. The number of aliphatic imine (C=N–C) groups is 1. The van der Waals surface area contributed by atoms with Gasteiger partial charge in [0, 0.05) is 25.5 Å². The first-order chi connectivity index (χ1) is 12.4. The second-order valence-corrected chi connectivity index (χ2v) is 6.49. The van der Waals surface area contributed by atoms with Crippen LogP contribution in [-0.4, -0.2) is 53.8 Å². The summed E-state index contributed by atoms with van der Waals surface area (Å²) in [7, 11) is 3.41. The van der Waals surface area contributed by atoms with Gasteiger partial charge in [-0.3, -0.25) is 10.2 Å². The summed E-state index contributed by atoms with van der Waals surface area (Å²) in [5.74, 6) is -0.343. The van der Waals surface area contributed by atoms with E-state index in [2.05, 4.69) is 15.4 Å². The number of pyridine rings is 1. The topological polar surface area (TPSA) is 116 Å². The smallest absolute Gasteiger partial charge is 0.310 e. The molecule has 0 aliphatic carbocycles. The maximum atomic E-state index is 11.5. The van der Waals surface area contributed by atoms with Gasteiger partial charge in [-0.15, -0.1) is 0 Å². The maximum Gasteiger partial charge on any atom is 0.310 e. The van der Waals surface area contributed by atoms with Crippen LogP contribution in [0.4, 0.5) is 5.69 Å². The molecule has 3 rings (SSSR count). The lowest BCUT2D eigenvalue weighted by Crippen LogP contribution is -2.49. The minimum absolute atomic E-state index is 0.408. The number of fused-ring (bicyclic) bond motifs is 1. The van der Waals surface area contributed by atoms with Gasteiger partial charge in [0.1, 0.15) is 17.5 Å². The molecular weight excluding hydrogens is 336 g/mol. The van der Waals surface area contributed by atoms with E-state index in [0.717, 1.165) is 18.7 Å². The third kappa shape index (κ3) is 3.43. The summed E-state index contributed by atoms with van der Waals surface area (Å²) in [4.78, 5) is 22.4. The van der Waals surface area contributed by atoms with Gasteiger partial charge >= 0.3 is 5.97 Å². The van der Waals surface area contributed by atoms with Crippen molar-refractivity contribution in [3.63, 3.8) is 0 Å². The second kappa shape index (κ2) is 7.20. The Morgan fingerprint density at radius 1 is 1.54 bits per heavy atom.